The molecule has 2 unspecified atom stereocenters. The van der Waals surface area contributed by atoms with Gasteiger partial charge in [0.1, 0.15) is 6.04 Å². The second-order valence-electron chi connectivity index (χ2n) is 6.04. The summed E-state index contributed by atoms with van der Waals surface area (Å²) < 4.78 is 0. The lowest BCUT2D eigenvalue weighted by molar-refractivity contribution is -0.139. The molecular formula is C13H27N3O. The smallest absolute Gasteiger partial charge is 0.241 e. The van der Waals surface area contributed by atoms with Gasteiger partial charge in [-0.25, -0.2) is 0 Å². The molecule has 0 aromatic carbocycles. The summed E-state index contributed by atoms with van der Waals surface area (Å²) in [6, 6.07) is 0.404. The van der Waals surface area contributed by atoms with Gasteiger partial charge in [-0.1, -0.05) is 0 Å². The number of rotatable bonds is 2. The molecule has 1 aliphatic heterocycles. The van der Waals surface area contributed by atoms with Crippen molar-refractivity contribution in [2.45, 2.75) is 51.7 Å². The zero-order chi connectivity index (χ0) is 13.2. The molecule has 1 fully saturated rings. The summed E-state index contributed by atoms with van der Waals surface area (Å²) in [5.41, 5.74) is -0.0893. The van der Waals surface area contributed by atoms with Crippen LogP contribution in [0, 0.1) is 0 Å². The van der Waals surface area contributed by atoms with E-state index in [1.807, 2.05) is 11.9 Å². The van der Waals surface area contributed by atoms with E-state index in [9.17, 15) is 4.79 Å². The van der Waals surface area contributed by atoms with Gasteiger partial charge in [-0.15, -0.1) is 0 Å². The molecule has 2 atom stereocenters. The first-order valence-electron chi connectivity index (χ1n) is 6.47. The van der Waals surface area contributed by atoms with Crippen molar-refractivity contribution in [2.75, 3.05) is 27.2 Å². The zero-order valence-electron chi connectivity index (χ0n) is 12.1. The highest BCUT2D eigenvalue weighted by Crippen LogP contribution is 2.22. The maximum atomic E-state index is 12.6. The molecule has 0 bridgehead atoms. The van der Waals surface area contributed by atoms with Gasteiger partial charge in [-0.3, -0.25) is 9.69 Å². The van der Waals surface area contributed by atoms with Gasteiger partial charge in [-0.2, -0.15) is 0 Å². The maximum absolute atomic E-state index is 12.6. The Kier molecular flexibility index (Phi) is 4.55. The van der Waals surface area contributed by atoms with Gasteiger partial charge < -0.3 is 10.2 Å². The third-order valence-corrected chi connectivity index (χ3v) is 3.72. The fourth-order valence-electron chi connectivity index (χ4n) is 2.38. The number of nitrogens with one attached hydrogen (secondary N) is 1. The molecular weight excluding hydrogens is 214 g/mol. The van der Waals surface area contributed by atoms with Crippen LogP contribution in [0.15, 0.2) is 0 Å². The molecule has 0 aliphatic carbocycles. The third kappa shape index (κ3) is 3.19. The van der Waals surface area contributed by atoms with Crippen LogP contribution >= 0.6 is 0 Å². The standard InChI is InChI=1S/C13H27N3O/c1-10-7-8-16(13(2,3)4)12(17)11(9-14-5)15(10)6/h10-11,14H,7-9H2,1-6H3. The second-order valence-corrected chi connectivity index (χ2v) is 6.04. The Morgan fingerprint density at radius 1 is 1.41 bits per heavy atom. The largest absolute Gasteiger partial charge is 0.336 e. The normalized spacial score (nSPS) is 28.4. The van der Waals surface area contributed by atoms with Crippen LogP contribution in [-0.2, 0) is 4.79 Å². The monoisotopic (exact) mass is 241 g/mol. The van der Waals surface area contributed by atoms with Crippen LogP contribution in [0.1, 0.15) is 34.1 Å². The van der Waals surface area contributed by atoms with Gasteiger partial charge in [0.05, 0.1) is 0 Å². The fraction of sp³-hybridized carbons (Fsp3) is 0.923. The van der Waals surface area contributed by atoms with Crippen molar-refractivity contribution in [2.24, 2.45) is 0 Å². The molecule has 4 heteroatoms. The minimum atomic E-state index is -0.0893. The van der Waals surface area contributed by atoms with Crippen LogP contribution in [0.4, 0.5) is 0 Å². The van der Waals surface area contributed by atoms with Crippen molar-refractivity contribution in [1.29, 1.82) is 0 Å². The highest BCUT2D eigenvalue weighted by atomic mass is 16.2. The van der Waals surface area contributed by atoms with Crippen molar-refractivity contribution in [3.63, 3.8) is 0 Å². The molecule has 0 saturated carbocycles. The highest BCUT2D eigenvalue weighted by Gasteiger charge is 2.37. The Labute approximate surface area is 105 Å². The van der Waals surface area contributed by atoms with Gasteiger partial charge in [0.15, 0.2) is 0 Å². The Bertz CT molecular complexity index is 272. The first kappa shape index (κ1) is 14.5. The van der Waals surface area contributed by atoms with Crippen LogP contribution in [0.2, 0.25) is 0 Å². The summed E-state index contributed by atoms with van der Waals surface area (Å²) in [6.07, 6.45) is 1.04. The first-order chi connectivity index (χ1) is 7.79. The SMILES string of the molecule is CNCC1C(=O)N(C(C)(C)C)CCC(C)N1C. The van der Waals surface area contributed by atoms with E-state index in [1.54, 1.807) is 0 Å². The van der Waals surface area contributed by atoms with E-state index in [0.29, 0.717) is 12.6 Å². The predicted molar refractivity (Wildman–Crippen MR) is 71.0 cm³/mol. The molecule has 4 nitrogen and oxygen atoms in total. The number of amides is 1. The lowest BCUT2D eigenvalue weighted by Gasteiger charge is -2.37. The van der Waals surface area contributed by atoms with E-state index in [4.69, 9.17) is 0 Å². The average Bonchev–Trinajstić information content (AvgIpc) is 2.31. The number of nitrogens with zero attached hydrogens (tertiary/aromatic N) is 2. The van der Waals surface area contributed by atoms with Crippen LogP contribution in [0.25, 0.3) is 0 Å². The molecule has 1 aliphatic rings. The van der Waals surface area contributed by atoms with Gasteiger partial charge in [-0.05, 0) is 48.2 Å². The summed E-state index contributed by atoms with van der Waals surface area (Å²) >= 11 is 0. The lowest BCUT2D eigenvalue weighted by Crippen LogP contribution is -2.55. The Balaban J connectivity index is 2.96. The summed E-state index contributed by atoms with van der Waals surface area (Å²) in [5, 5.41) is 3.13. The molecule has 1 N–H and O–H groups in total. The molecule has 0 spiro atoms. The van der Waals surface area contributed by atoms with Crippen LogP contribution in [-0.4, -0.2) is 60.5 Å². The average molecular weight is 241 g/mol. The molecule has 17 heavy (non-hydrogen) atoms. The Morgan fingerprint density at radius 3 is 2.47 bits per heavy atom. The molecule has 1 heterocycles. The van der Waals surface area contributed by atoms with E-state index in [2.05, 4.69) is 45.0 Å². The Morgan fingerprint density at radius 2 is 2.00 bits per heavy atom. The number of hydrogen-bond acceptors (Lipinski definition) is 3. The molecule has 0 aromatic rings. The Hall–Kier alpha value is -0.610. The topological polar surface area (TPSA) is 35.6 Å². The second kappa shape index (κ2) is 5.36. The minimum absolute atomic E-state index is 0.0447. The van der Waals surface area contributed by atoms with Crippen molar-refractivity contribution in [3.05, 3.63) is 0 Å². The van der Waals surface area contributed by atoms with E-state index in [1.165, 1.54) is 0 Å². The van der Waals surface area contributed by atoms with Gasteiger partial charge in [0.2, 0.25) is 5.91 Å². The van der Waals surface area contributed by atoms with Crippen LogP contribution < -0.4 is 5.32 Å². The van der Waals surface area contributed by atoms with Crippen LogP contribution in [0.5, 0.6) is 0 Å². The van der Waals surface area contributed by atoms with E-state index >= 15 is 0 Å². The van der Waals surface area contributed by atoms with E-state index in [0.717, 1.165) is 13.0 Å². The first-order valence-corrected chi connectivity index (χ1v) is 6.47. The summed E-state index contributed by atoms with van der Waals surface area (Å²) in [4.78, 5) is 16.8. The number of carbonyl (C=O) groups excluding carboxylic acids is 1. The van der Waals surface area contributed by atoms with E-state index < -0.39 is 0 Å². The number of carbonyl (C=O) groups is 1. The molecule has 100 valence electrons. The maximum Gasteiger partial charge on any atom is 0.241 e. The summed E-state index contributed by atoms with van der Waals surface area (Å²) in [5.74, 6) is 0.249. The molecule has 0 radical (unpaired) electrons. The number of likely N-dealkylation sites (N-methyl/N-ethyl adjacent to an activating group) is 2. The molecule has 0 aromatic heterocycles. The third-order valence-electron chi connectivity index (χ3n) is 3.72. The van der Waals surface area contributed by atoms with Gasteiger partial charge in [0, 0.05) is 24.7 Å². The van der Waals surface area contributed by atoms with Gasteiger partial charge >= 0.3 is 0 Å². The van der Waals surface area contributed by atoms with E-state index in [-0.39, 0.29) is 17.5 Å². The van der Waals surface area contributed by atoms with Gasteiger partial charge in [0.25, 0.3) is 0 Å². The molecule has 1 saturated heterocycles. The quantitative estimate of drug-likeness (QED) is 0.781. The van der Waals surface area contributed by atoms with Crippen molar-refractivity contribution < 1.29 is 4.79 Å². The van der Waals surface area contributed by atoms with Crippen molar-refractivity contribution in [1.82, 2.24) is 15.1 Å². The lowest BCUT2D eigenvalue weighted by atomic mass is 10.0. The molecule has 1 amide bonds. The molecule has 1 rings (SSSR count). The number of hydrogen-bond donors (Lipinski definition) is 1. The minimum Gasteiger partial charge on any atom is -0.336 e. The fourth-order valence-corrected chi connectivity index (χ4v) is 2.38. The highest BCUT2D eigenvalue weighted by molar-refractivity contribution is 5.83. The van der Waals surface area contributed by atoms with Crippen LogP contribution in [0.3, 0.4) is 0 Å². The summed E-state index contributed by atoms with van der Waals surface area (Å²) in [6.45, 7) is 10.1. The zero-order valence-corrected chi connectivity index (χ0v) is 12.1. The van der Waals surface area contributed by atoms with Crippen molar-refractivity contribution in [3.8, 4) is 0 Å². The van der Waals surface area contributed by atoms with Crippen molar-refractivity contribution >= 4 is 5.91 Å². The predicted octanol–water partition coefficient (Wildman–Crippen LogP) is 0.926. The summed E-state index contributed by atoms with van der Waals surface area (Å²) in [7, 11) is 3.95.